The van der Waals surface area contributed by atoms with Crippen LogP contribution in [0.4, 0.5) is 4.39 Å². The lowest BCUT2D eigenvalue weighted by Crippen LogP contribution is -2.31. The smallest absolute Gasteiger partial charge is 0.178 e. The molecular weight excluding hydrogens is 253 g/mol. The molecule has 0 bridgehead atoms. The molecule has 0 amide bonds. The van der Waals surface area contributed by atoms with E-state index in [1.165, 1.54) is 6.07 Å². The molecule has 0 saturated carbocycles. The Morgan fingerprint density at radius 1 is 1.44 bits per heavy atom. The molecular formula is C13H18FNO2S. The molecule has 2 rings (SSSR count). The van der Waals surface area contributed by atoms with Gasteiger partial charge in [0.2, 0.25) is 0 Å². The highest BCUT2D eigenvalue weighted by molar-refractivity contribution is 7.90. The second-order valence-corrected chi connectivity index (χ2v) is 6.90. The molecule has 0 aliphatic carbocycles. The summed E-state index contributed by atoms with van der Waals surface area (Å²) >= 11 is 0. The Kier molecular flexibility index (Phi) is 4.02. The predicted molar refractivity (Wildman–Crippen MR) is 68.8 cm³/mol. The summed E-state index contributed by atoms with van der Waals surface area (Å²) in [5, 5.41) is 3.28. The summed E-state index contributed by atoms with van der Waals surface area (Å²) in [6.07, 6.45) is 3.80. The van der Waals surface area contributed by atoms with Gasteiger partial charge in [0.1, 0.15) is 10.7 Å². The van der Waals surface area contributed by atoms with Gasteiger partial charge in [-0.05, 0) is 49.9 Å². The zero-order valence-corrected chi connectivity index (χ0v) is 11.3. The van der Waals surface area contributed by atoms with Gasteiger partial charge >= 0.3 is 0 Å². The van der Waals surface area contributed by atoms with Crippen LogP contribution in [0, 0.1) is 11.7 Å². The molecule has 0 radical (unpaired) electrons. The van der Waals surface area contributed by atoms with E-state index in [1.54, 1.807) is 12.1 Å². The van der Waals surface area contributed by atoms with Crippen molar-refractivity contribution in [2.24, 2.45) is 5.92 Å². The first kappa shape index (κ1) is 13.5. The Bertz CT molecular complexity index is 522. The maximum Gasteiger partial charge on any atom is 0.178 e. The Balaban J connectivity index is 2.23. The zero-order valence-electron chi connectivity index (χ0n) is 10.4. The number of hydrogen-bond acceptors (Lipinski definition) is 3. The highest BCUT2D eigenvalue weighted by Crippen LogP contribution is 2.22. The third-order valence-corrected chi connectivity index (χ3v) is 4.46. The lowest BCUT2D eigenvalue weighted by atomic mass is 9.92. The normalized spacial score (nSPS) is 20.9. The molecule has 1 atom stereocenters. The molecule has 1 aromatic carbocycles. The van der Waals surface area contributed by atoms with Gasteiger partial charge in [0.15, 0.2) is 9.84 Å². The third kappa shape index (κ3) is 3.09. The number of rotatable bonds is 3. The SMILES string of the molecule is CS(=O)(=O)c1cccc(CC2CCCNC2)c1F. The van der Waals surface area contributed by atoms with Gasteiger partial charge in [0, 0.05) is 6.26 Å². The fourth-order valence-corrected chi connectivity index (χ4v) is 3.19. The van der Waals surface area contributed by atoms with Crippen molar-refractivity contribution in [1.82, 2.24) is 5.32 Å². The summed E-state index contributed by atoms with van der Waals surface area (Å²) < 4.78 is 37.0. The van der Waals surface area contributed by atoms with E-state index in [2.05, 4.69) is 5.32 Å². The van der Waals surface area contributed by atoms with E-state index in [4.69, 9.17) is 0 Å². The summed E-state index contributed by atoms with van der Waals surface area (Å²) in [6, 6.07) is 4.62. The Morgan fingerprint density at radius 3 is 2.83 bits per heavy atom. The minimum atomic E-state index is -3.49. The van der Waals surface area contributed by atoms with E-state index >= 15 is 0 Å². The summed E-state index contributed by atoms with van der Waals surface area (Å²) in [5.74, 6) is -0.186. The van der Waals surface area contributed by atoms with Gasteiger partial charge in [-0.25, -0.2) is 12.8 Å². The third-order valence-electron chi connectivity index (χ3n) is 3.35. The monoisotopic (exact) mass is 271 g/mol. The Morgan fingerprint density at radius 2 is 2.22 bits per heavy atom. The lowest BCUT2D eigenvalue weighted by Gasteiger charge is -2.23. The van der Waals surface area contributed by atoms with Crippen molar-refractivity contribution in [2.75, 3.05) is 19.3 Å². The molecule has 1 saturated heterocycles. The van der Waals surface area contributed by atoms with Crippen LogP contribution in [0.2, 0.25) is 0 Å². The minimum absolute atomic E-state index is 0.191. The first-order chi connectivity index (χ1) is 8.48. The van der Waals surface area contributed by atoms with Crippen LogP contribution in [-0.2, 0) is 16.3 Å². The first-order valence-corrected chi connectivity index (χ1v) is 8.06. The van der Waals surface area contributed by atoms with Crippen molar-refractivity contribution in [1.29, 1.82) is 0 Å². The Hall–Kier alpha value is -0.940. The second-order valence-electron chi connectivity index (χ2n) is 4.92. The van der Waals surface area contributed by atoms with Gasteiger partial charge in [-0.3, -0.25) is 0 Å². The highest BCUT2D eigenvalue weighted by atomic mass is 32.2. The highest BCUT2D eigenvalue weighted by Gasteiger charge is 2.20. The molecule has 1 aromatic rings. The minimum Gasteiger partial charge on any atom is -0.316 e. The van der Waals surface area contributed by atoms with Crippen LogP contribution in [0.25, 0.3) is 0 Å². The summed E-state index contributed by atoms with van der Waals surface area (Å²) in [6.45, 7) is 1.89. The standard InChI is InChI=1S/C13H18FNO2S/c1-18(16,17)12-6-2-5-11(13(12)14)8-10-4-3-7-15-9-10/h2,5-6,10,15H,3-4,7-9H2,1H3. The molecule has 1 aliphatic heterocycles. The quantitative estimate of drug-likeness (QED) is 0.911. The predicted octanol–water partition coefficient (Wildman–Crippen LogP) is 1.77. The number of nitrogens with one attached hydrogen (secondary N) is 1. The molecule has 1 N–H and O–H groups in total. The zero-order chi connectivity index (χ0) is 13.2. The van der Waals surface area contributed by atoms with Gasteiger partial charge < -0.3 is 5.32 Å². The van der Waals surface area contributed by atoms with E-state index in [0.29, 0.717) is 17.9 Å². The molecule has 18 heavy (non-hydrogen) atoms. The second kappa shape index (κ2) is 5.36. The van der Waals surface area contributed by atoms with Crippen LogP contribution in [0.15, 0.2) is 23.1 Å². The van der Waals surface area contributed by atoms with Gasteiger partial charge in [0.25, 0.3) is 0 Å². The molecule has 1 aliphatic rings. The van der Waals surface area contributed by atoms with E-state index in [-0.39, 0.29) is 4.90 Å². The summed E-state index contributed by atoms with van der Waals surface area (Å²) in [5.41, 5.74) is 0.506. The molecule has 1 unspecified atom stereocenters. The molecule has 3 nitrogen and oxygen atoms in total. The van der Waals surface area contributed by atoms with Crippen molar-refractivity contribution in [3.8, 4) is 0 Å². The van der Waals surface area contributed by atoms with E-state index in [9.17, 15) is 12.8 Å². The van der Waals surface area contributed by atoms with Crippen LogP contribution in [0.1, 0.15) is 18.4 Å². The van der Waals surface area contributed by atoms with Crippen LogP contribution in [0.3, 0.4) is 0 Å². The fraction of sp³-hybridized carbons (Fsp3) is 0.538. The molecule has 1 heterocycles. The van der Waals surface area contributed by atoms with Crippen LogP contribution in [0.5, 0.6) is 0 Å². The molecule has 100 valence electrons. The largest absolute Gasteiger partial charge is 0.316 e. The fourth-order valence-electron chi connectivity index (χ4n) is 2.41. The molecule has 1 fully saturated rings. The van der Waals surface area contributed by atoms with Crippen LogP contribution < -0.4 is 5.32 Å². The van der Waals surface area contributed by atoms with Crippen molar-refractivity contribution in [3.05, 3.63) is 29.6 Å². The van der Waals surface area contributed by atoms with E-state index in [0.717, 1.165) is 32.2 Å². The van der Waals surface area contributed by atoms with Crippen molar-refractivity contribution in [2.45, 2.75) is 24.2 Å². The van der Waals surface area contributed by atoms with Gasteiger partial charge in [-0.1, -0.05) is 12.1 Å². The number of halogens is 1. The van der Waals surface area contributed by atoms with Crippen molar-refractivity contribution >= 4 is 9.84 Å². The van der Waals surface area contributed by atoms with Gasteiger partial charge in [-0.2, -0.15) is 0 Å². The summed E-state index contributed by atoms with van der Waals surface area (Å²) in [7, 11) is -3.49. The summed E-state index contributed by atoms with van der Waals surface area (Å²) in [4.78, 5) is -0.191. The van der Waals surface area contributed by atoms with Crippen LogP contribution >= 0.6 is 0 Å². The maximum atomic E-state index is 14.1. The molecule has 0 spiro atoms. The molecule has 5 heteroatoms. The van der Waals surface area contributed by atoms with Gasteiger partial charge in [-0.15, -0.1) is 0 Å². The van der Waals surface area contributed by atoms with Crippen molar-refractivity contribution < 1.29 is 12.8 Å². The lowest BCUT2D eigenvalue weighted by molar-refractivity contribution is 0.371. The number of hydrogen-bond donors (Lipinski definition) is 1. The molecule has 0 aromatic heterocycles. The average molecular weight is 271 g/mol. The Labute approximate surface area is 107 Å². The van der Waals surface area contributed by atoms with Crippen LogP contribution in [-0.4, -0.2) is 27.8 Å². The van der Waals surface area contributed by atoms with Crippen molar-refractivity contribution in [3.63, 3.8) is 0 Å². The maximum absolute atomic E-state index is 14.1. The number of piperidine rings is 1. The first-order valence-electron chi connectivity index (χ1n) is 6.16. The van der Waals surface area contributed by atoms with E-state index in [1.807, 2.05) is 0 Å². The topological polar surface area (TPSA) is 46.2 Å². The number of sulfone groups is 1. The van der Waals surface area contributed by atoms with E-state index < -0.39 is 15.7 Å². The average Bonchev–Trinajstić information content (AvgIpc) is 2.32. The number of benzene rings is 1. The van der Waals surface area contributed by atoms with Gasteiger partial charge in [0.05, 0.1) is 0 Å².